The van der Waals surface area contributed by atoms with Crippen LogP contribution < -0.4 is 15.6 Å². The highest BCUT2D eigenvalue weighted by atomic mass is 16.5. The van der Waals surface area contributed by atoms with Gasteiger partial charge in [-0.05, 0) is 26.0 Å². The third-order valence-electron chi connectivity index (χ3n) is 2.08. The predicted octanol–water partition coefficient (Wildman–Crippen LogP) is 0.459. The van der Waals surface area contributed by atoms with Gasteiger partial charge in [-0.3, -0.25) is 4.79 Å². The number of hydrogen-bond donors (Lipinski definition) is 1. The first-order valence-electron chi connectivity index (χ1n) is 4.25. The number of hydrazine groups is 1. The Hall–Kier alpha value is -1.62. The van der Waals surface area contributed by atoms with E-state index in [1.165, 1.54) is 0 Å². The molecule has 0 fully saturated rings. The smallest absolute Gasteiger partial charge is 0.286 e. The number of fused-ring (bicyclic) bond motifs is 1. The number of amides is 1. The monoisotopic (exact) mass is 193 g/mol. The van der Waals surface area contributed by atoms with Crippen molar-refractivity contribution in [2.75, 3.05) is 5.01 Å². The maximum Gasteiger partial charge on any atom is 0.286 e. The Labute approximate surface area is 81.4 Å². The van der Waals surface area contributed by atoms with Crippen LogP contribution in [0.4, 0.5) is 5.82 Å². The van der Waals surface area contributed by atoms with Gasteiger partial charge in [0.05, 0.1) is 0 Å². The number of ether oxygens (including phenoxy) is 1. The summed E-state index contributed by atoms with van der Waals surface area (Å²) in [5.74, 6) is 6.19. The van der Waals surface area contributed by atoms with Crippen molar-refractivity contribution in [2.24, 2.45) is 5.84 Å². The number of hydrogen-bond acceptors (Lipinski definition) is 4. The van der Waals surface area contributed by atoms with E-state index in [4.69, 9.17) is 10.6 Å². The summed E-state index contributed by atoms with van der Waals surface area (Å²) in [4.78, 5) is 15.6. The topological polar surface area (TPSA) is 68.4 Å². The zero-order chi connectivity index (χ0) is 10.3. The lowest BCUT2D eigenvalue weighted by Crippen LogP contribution is -2.55. The van der Waals surface area contributed by atoms with Gasteiger partial charge in [0.15, 0.2) is 17.2 Å². The average Bonchev–Trinajstić information content (AvgIpc) is 2.14. The molecule has 0 aliphatic carbocycles. The second-order valence-corrected chi connectivity index (χ2v) is 3.61. The molecule has 0 saturated heterocycles. The van der Waals surface area contributed by atoms with Gasteiger partial charge in [-0.2, -0.15) is 0 Å². The van der Waals surface area contributed by atoms with Gasteiger partial charge in [0.2, 0.25) is 0 Å². The van der Waals surface area contributed by atoms with E-state index in [2.05, 4.69) is 4.98 Å². The van der Waals surface area contributed by atoms with E-state index < -0.39 is 5.60 Å². The zero-order valence-corrected chi connectivity index (χ0v) is 8.02. The fraction of sp³-hybridized carbons (Fsp3) is 0.333. The highest BCUT2D eigenvalue weighted by molar-refractivity contribution is 6.00. The van der Waals surface area contributed by atoms with Crippen molar-refractivity contribution in [1.29, 1.82) is 0 Å². The number of carbonyl (C=O) groups is 1. The van der Waals surface area contributed by atoms with E-state index in [0.29, 0.717) is 11.6 Å². The summed E-state index contributed by atoms with van der Waals surface area (Å²) in [6, 6.07) is 3.47. The molecule has 14 heavy (non-hydrogen) atoms. The van der Waals surface area contributed by atoms with Crippen molar-refractivity contribution in [3.8, 4) is 5.75 Å². The van der Waals surface area contributed by atoms with Gasteiger partial charge < -0.3 is 4.74 Å². The summed E-state index contributed by atoms with van der Waals surface area (Å²) in [5.41, 5.74) is -0.926. The first-order valence-corrected chi connectivity index (χ1v) is 4.25. The molecule has 1 aliphatic heterocycles. The first-order chi connectivity index (χ1) is 6.52. The molecule has 2 rings (SSSR count). The molecule has 0 unspecified atom stereocenters. The highest BCUT2D eigenvalue weighted by Gasteiger charge is 2.40. The second kappa shape index (κ2) is 2.68. The van der Waals surface area contributed by atoms with E-state index in [1.807, 2.05) is 0 Å². The number of rotatable bonds is 0. The van der Waals surface area contributed by atoms with Gasteiger partial charge in [0.25, 0.3) is 5.91 Å². The molecular weight excluding hydrogens is 182 g/mol. The molecule has 1 aromatic heterocycles. The van der Waals surface area contributed by atoms with Crippen LogP contribution in [0.1, 0.15) is 13.8 Å². The van der Waals surface area contributed by atoms with Crippen molar-refractivity contribution < 1.29 is 9.53 Å². The largest absolute Gasteiger partial charge is 0.474 e. The highest BCUT2D eigenvalue weighted by Crippen LogP contribution is 2.33. The van der Waals surface area contributed by atoms with Crippen LogP contribution in [0.3, 0.4) is 0 Å². The Balaban J connectivity index is 2.53. The molecule has 1 aromatic rings. The Morgan fingerprint density at radius 1 is 1.57 bits per heavy atom. The molecule has 0 spiro atoms. The molecule has 0 radical (unpaired) electrons. The third kappa shape index (κ3) is 1.13. The maximum absolute atomic E-state index is 11.6. The molecular formula is C9H11N3O2. The van der Waals surface area contributed by atoms with Gasteiger partial charge in [0.1, 0.15) is 0 Å². The molecule has 2 N–H and O–H groups in total. The molecule has 0 aromatic carbocycles. The van der Waals surface area contributed by atoms with Crippen molar-refractivity contribution in [2.45, 2.75) is 19.4 Å². The molecule has 5 heteroatoms. The van der Waals surface area contributed by atoms with Gasteiger partial charge in [-0.25, -0.2) is 15.8 Å². The average molecular weight is 193 g/mol. The van der Waals surface area contributed by atoms with Crippen molar-refractivity contribution in [1.82, 2.24) is 4.98 Å². The summed E-state index contributed by atoms with van der Waals surface area (Å²) >= 11 is 0. The van der Waals surface area contributed by atoms with Crippen LogP contribution in [-0.2, 0) is 4.79 Å². The Morgan fingerprint density at radius 2 is 2.29 bits per heavy atom. The summed E-state index contributed by atoms with van der Waals surface area (Å²) < 4.78 is 5.47. The van der Waals surface area contributed by atoms with Crippen LogP contribution >= 0.6 is 0 Å². The minimum Gasteiger partial charge on any atom is -0.474 e. The van der Waals surface area contributed by atoms with E-state index in [0.717, 1.165) is 5.01 Å². The molecule has 2 heterocycles. The number of nitrogens with two attached hydrogens (primary N) is 1. The number of carbonyl (C=O) groups excluding carboxylic acids is 1. The van der Waals surface area contributed by atoms with E-state index >= 15 is 0 Å². The Kier molecular flexibility index (Phi) is 1.72. The summed E-state index contributed by atoms with van der Waals surface area (Å²) in [7, 11) is 0. The lowest BCUT2D eigenvalue weighted by molar-refractivity contribution is -0.132. The van der Waals surface area contributed by atoms with Crippen molar-refractivity contribution in [3.63, 3.8) is 0 Å². The Bertz CT molecular complexity index is 389. The minimum atomic E-state index is -0.926. The Morgan fingerprint density at radius 3 is 3.00 bits per heavy atom. The van der Waals surface area contributed by atoms with Gasteiger partial charge in [-0.15, -0.1) is 0 Å². The van der Waals surface area contributed by atoms with Crippen LogP contribution in [0.25, 0.3) is 0 Å². The zero-order valence-electron chi connectivity index (χ0n) is 8.02. The van der Waals surface area contributed by atoms with Crippen LogP contribution in [0.15, 0.2) is 18.3 Å². The number of nitrogens with zero attached hydrogens (tertiary/aromatic N) is 2. The van der Waals surface area contributed by atoms with Gasteiger partial charge >= 0.3 is 0 Å². The summed E-state index contributed by atoms with van der Waals surface area (Å²) in [5, 5.41) is 1.03. The quantitative estimate of drug-likeness (QED) is 0.480. The number of aromatic nitrogens is 1. The van der Waals surface area contributed by atoms with E-state index in [9.17, 15) is 4.79 Å². The van der Waals surface area contributed by atoms with Crippen LogP contribution in [-0.4, -0.2) is 16.5 Å². The number of anilines is 1. The van der Waals surface area contributed by atoms with Gasteiger partial charge in [0, 0.05) is 6.20 Å². The fourth-order valence-electron chi connectivity index (χ4n) is 1.35. The molecule has 1 aliphatic rings. The fourth-order valence-corrected chi connectivity index (χ4v) is 1.35. The SMILES string of the molecule is CC1(C)Oc2cccnc2N(N)C1=O. The number of pyridine rings is 1. The summed E-state index contributed by atoms with van der Waals surface area (Å²) in [6.07, 6.45) is 1.56. The minimum absolute atomic E-state index is 0.302. The third-order valence-corrected chi connectivity index (χ3v) is 2.08. The molecule has 0 atom stereocenters. The van der Waals surface area contributed by atoms with Crippen LogP contribution in [0, 0.1) is 0 Å². The molecule has 1 amide bonds. The first kappa shape index (κ1) is 8.96. The lowest BCUT2D eigenvalue weighted by atomic mass is 10.1. The molecule has 74 valence electrons. The molecule has 5 nitrogen and oxygen atoms in total. The predicted molar refractivity (Wildman–Crippen MR) is 50.6 cm³/mol. The van der Waals surface area contributed by atoms with Crippen LogP contribution in [0.5, 0.6) is 5.75 Å². The van der Waals surface area contributed by atoms with Crippen LogP contribution in [0.2, 0.25) is 0 Å². The lowest BCUT2D eigenvalue weighted by Gasteiger charge is -2.35. The van der Waals surface area contributed by atoms with Crippen molar-refractivity contribution in [3.05, 3.63) is 18.3 Å². The molecule has 0 bridgehead atoms. The molecule has 0 saturated carbocycles. The second-order valence-electron chi connectivity index (χ2n) is 3.61. The standard InChI is InChI=1S/C9H11N3O2/c1-9(2)8(13)12(10)7-6(14-9)4-3-5-11-7/h3-5H,10H2,1-2H3. The maximum atomic E-state index is 11.6. The summed E-state index contributed by atoms with van der Waals surface area (Å²) in [6.45, 7) is 3.34. The normalized spacial score (nSPS) is 18.8. The van der Waals surface area contributed by atoms with Crippen molar-refractivity contribution >= 4 is 11.7 Å². The van der Waals surface area contributed by atoms with E-state index in [-0.39, 0.29) is 5.91 Å². The van der Waals surface area contributed by atoms with E-state index in [1.54, 1.807) is 32.2 Å². The van der Waals surface area contributed by atoms with Gasteiger partial charge in [-0.1, -0.05) is 0 Å².